The van der Waals surface area contributed by atoms with Crippen molar-refractivity contribution in [2.45, 2.75) is 0 Å². The van der Waals surface area contributed by atoms with Crippen molar-refractivity contribution in [2.75, 3.05) is 0 Å². The zero-order valence-corrected chi connectivity index (χ0v) is 9.45. The predicted molar refractivity (Wildman–Crippen MR) is 67.2 cm³/mol. The van der Waals surface area contributed by atoms with Crippen LogP contribution in [0.1, 0.15) is 10.4 Å². The molecule has 0 aliphatic rings. The van der Waals surface area contributed by atoms with Gasteiger partial charge >= 0.3 is 0 Å². The summed E-state index contributed by atoms with van der Waals surface area (Å²) >= 11 is 0. The molecule has 0 saturated heterocycles. The predicted octanol–water partition coefficient (Wildman–Crippen LogP) is 2.91. The van der Waals surface area contributed by atoms with Crippen LogP contribution in [-0.2, 0) is 0 Å². The first-order valence-electron chi connectivity index (χ1n) is 5.27. The molecule has 18 heavy (non-hydrogen) atoms. The monoisotopic (exact) mass is 241 g/mol. The SMILES string of the molecule is NC(=O)c1cccc(O)c1N=Nc1ccccc1. The van der Waals surface area contributed by atoms with Gasteiger partial charge in [0.2, 0.25) is 0 Å². The van der Waals surface area contributed by atoms with Crippen LogP contribution in [0.15, 0.2) is 58.8 Å². The van der Waals surface area contributed by atoms with Crippen molar-refractivity contribution < 1.29 is 9.90 Å². The molecular formula is C13H11N3O2. The first-order valence-corrected chi connectivity index (χ1v) is 5.27. The van der Waals surface area contributed by atoms with Crippen molar-refractivity contribution in [1.82, 2.24) is 0 Å². The van der Waals surface area contributed by atoms with Gasteiger partial charge in [-0.2, -0.15) is 5.11 Å². The summed E-state index contributed by atoms with van der Waals surface area (Å²) < 4.78 is 0. The quantitative estimate of drug-likeness (QED) is 0.809. The molecule has 2 aromatic carbocycles. The number of carbonyl (C=O) groups is 1. The van der Waals surface area contributed by atoms with Gasteiger partial charge in [0.25, 0.3) is 5.91 Å². The molecule has 0 aliphatic heterocycles. The number of phenolic OH excluding ortho intramolecular Hbond substituents is 1. The molecule has 90 valence electrons. The van der Waals surface area contributed by atoms with Gasteiger partial charge in [-0.25, -0.2) is 0 Å². The highest BCUT2D eigenvalue weighted by molar-refractivity contribution is 5.98. The van der Waals surface area contributed by atoms with Gasteiger partial charge in [0.05, 0.1) is 11.3 Å². The molecule has 0 spiro atoms. The topological polar surface area (TPSA) is 88.0 Å². The maximum atomic E-state index is 11.2. The van der Waals surface area contributed by atoms with Crippen LogP contribution in [0.25, 0.3) is 0 Å². The zero-order valence-electron chi connectivity index (χ0n) is 9.45. The Bertz CT molecular complexity index is 594. The van der Waals surface area contributed by atoms with Gasteiger partial charge in [-0.1, -0.05) is 24.3 Å². The molecule has 0 aromatic heterocycles. The Labute approximate surface area is 104 Å². The maximum Gasteiger partial charge on any atom is 0.251 e. The first kappa shape index (κ1) is 11.8. The van der Waals surface area contributed by atoms with E-state index in [1.807, 2.05) is 18.2 Å². The summed E-state index contributed by atoms with van der Waals surface area (Å²) in [6, 6.07) is 13.4. The lowest BCUT2D eigenvalue weighted by Crippen LogP contribution is -2.10. The van der Waals surface area contributed by atoms with E-state index in [1.165, 1.54) is 18.2 Å². The van der Waals surface area contributed by atoms with Crippen molar-refractivity contribution >= 4 is 17.3 Å². The Morgan fingerprint density at radius 1 is 1.00 bits per heavy atom. The van der Waals surface area contributed by atoms with Crippen LogP contribution in [0.3, 0.4) is 0 Å². The molecule has 0 aliphatic carbocycles. The van der Waals surface area contributed by atoms with E-state index in [0.29, 0.717) is 5.69 Å². The summed E-state index contributed by atoms with van der Waals surface area (Å²) in [5.41, 5.74) is 6.03. The molecule has 3 N–H and O–H groups in total. The van der Waals surface area contributed by atoms with E-state index in [9.17, 15) is 9.90 Å². The molecule has 5 heteroatoms. The fourth-order valence-corrected chi connectivity index (χ4v) is 1.44. The molecule has 2 rings (SSSR count). The van der Waals surface area contributed by atoms with Crippen LogP contribution in [0, 0.1) is 0 Å². The molecular weight excluding hydrogens is 230 g/mol. The van der Waals surface area contributed by atoms with Gasteiger partial charge in [-0.15, -0.1) is 5.11 Å². The van der Waals surface area contributed by atoms with E-state index >= 15 is 0 Å². The van der Waals surface area contributed by atoms with Crippen molar-refractivity contribution in [1.29, 1.82) is 0 Å². The smallest absolute Gasteiger partial charge is 0.251 e. The van der Waals surface area contributed by atoms with Crippen molar-refractivity contribution in [3.63, 3.8) is 0 Å². The second-order valence-corrected chi connectivity index (χ2v) is 3.57. The lowest BCUT2D eigenvalue weighted by Gasteiger charge is -2.02. The van der Waals surface area contributed by atoms with Gasteiger partial charge in [-0.05, 0) is 24.3 Å². The Hall–Kier alpha value is -2.69. The Kier molecular flexibility index (Phi) is 3.33. The number of primary amides is 1. The number of amides is 1. The molecule has 0 unspecified atom stereocenters. The van der Waals surface area contributed by atoms with Crippen LogP contribution >= 0.6 is 0 Å². The molecule has 0 saturated carbocycles. The fraction of sp³-hybridized carbons (Fsp3) is 0. The summed E-state index contributed by atoms with van der Waals surface area (Å²) in [6.07, 6.45) is 0. The van der Waals surface area contributed by atoms with Crippen molar-refractivity contribution in [3.05, 3.63) is 54.1 Å². The largest absolute Gasteiger partial charge is 0.506 e. The minimum absolute atomic E-state index is 0.0776. The zero-order chi connectivity index (χ0) is 13.0. The van der Waals surface area contributed by atoms with Crippen molar-refractivity contribution in [3.8, 4) is 5.75 Å². The van der Waals surface area contributed by atoms with Crippen molar-refractivity contribution in [2.24, 2.45) is 16.0 Å². The molecule has 0 bridgehead atoms. The number of nitrogens with two attached hydrogens (primary N) is 1. The lowest BCUT2D eigenvalue weighted by atomic mass is 10.1. The number of benzene rings is 2. The highest BCUT2D eigenvalue weighted by Crippen LogP contribution is 2.31. The third-order valence-electron chi connectivity index (χ3n) is 2.30. The maximum absolute atomic E-state index is 11.2. The van der Waals surface area contributed by atoms with Gasteiger partial charge in [0, 0.05) is 0 Å². The normalized spacial score (nSPS) is 10.7. The van der Waals surface area contributed by atoms with Crippen LogP contribution in [0.4, 0.5) is 11.4 Å². The molecule has 0 atom stereocenters. The van der Waals surface area contributed by atoms with Crippen LogP contribution < -0.4 is 5.73 Å². The summed E-state index contributed by atoms with van der Waals surface area (Å²) in [6.45, 7) is 0. The van der Waals surface area contributed by atoms with Gasteiger partial charge in [0.15, 0.2) is 0 Å². The standard InChI is InChI=1S/C13H11N3O2/c14-13(18)10-7-4-8-11(17)12(10)16-15-9-5-2-1-3-6-9/h1-8,17H,(H2,14,18). The summed E-state index contributed by atoms with van der Waals surface area (Å²) in [5, 5.41) is 17.5. The third-order valence-corrected chi connectivity index (χ3v) is 2.30. The summed E-state index contributed by atoms with van der Waals surface area (Å²) in [7, 11) is 0. The summed E-state index contributed by atoms with van der Waals surface area (Å²) in [4.78, 5) is 11.2. The lowest BCUT2D eigenvalue weighted by molar-refractivity contribution is 0.100. The highest BCUT2D eigenvalue weighted by atomic mass is 16.3. The van der Waals surface area contributed by atoms with E-state index in [2.05, 4.69) is 10.2 Å². The van der Waals surface area contributed by atoms with E-state index in [0.717, 1.165) is 0 Å². The minimum Gasteiger partial charge on any atom is -0.506 e. The summed E-state index contributed by atoms with van der Waals surface area (Å²) in [5.74, 6) is -0.793. The van der Waals surface area contributed by atoms with E-state index in [1.54, 1.807) is 12.1 Å². The number of azo groups is 1. The molecule has 1 amide bonds. The number of carbonyl (C=O) groups excluding carboxylic acids is 1. The fourth-order valence-electron chi connectivity index (χ4n) is 1.44. The average Bonchev–Trinajstić information content (AvgIpc) is 2.38. The Morgan fingerprint density at radius 3 is 2.39 bits per heavy atom. The van der Waals surface area contributed by atoms with Gasteiger partial charge < -0.3 is 10.8 Å². The highest BCUT2D eigenvalue weighted by Gasteiger charge is 2.11. The first-order chi connectivity index (χ1) is 8.68. The molecule has 0 fully saturated rings. The number of aromatic hydroxyl groups is 1. The molecule has 2 aromatic rings. The van der Waals surface area contributed by atoms with Gasteiger partial charge in [0.1, 0.15) is 11.4 Å². The number of nitrogens with zero attached hydrogens (tertiary/aromatic N) is 2. The number of hydrogen-bond donors (Lipinski definition) is 2. The Morgan fingerprint density at radius 2 is 1.72 bits per heavy atom. The van der Waals surface area contributed by atoms with Crippen LogP contribution in [-0.4, -0.2) is 11.0 Å². The number of rotatable bonds is 3. The van der Waals surface area contributed by atoms with Gasteiger partial charge in [-0.3, -0.25) is 4.79 Å². The third kappa shape index (κ3) is 2.52. The molecule has 5 nitrogen and oxygen atoms in total. The Balaban J connectivity index is 2.40. The second-order valence-electron chi connectivity index (χ2n) is 3.57. The van der Waals surface area contributed by atoms with Crippen LogP contribution in [0.5, 0.6) is 5.75 Å². The number of hydrogen-bond acceptors (Lipinski definition) is 4. The van der Waals surface area contributed by atoms with E-state index in [4.69, 9.17) is 5.73 Å². The van der Waals surface area contributed by atoms with Crippen LogP contribution in [0.2, 0.25) is 0 Å². The second kappa shape index (κ2) is 5.09. The van der Waals surface area contributed by atoms with E-state index in [-0.39, 0.29) is 17.0 Å². The molecule has 0 radical (unpaired) electrons. The minimum atomic E-state index is -0.659. The van der Waals surface area contributed by atoms with E-state index < -0.39 is 5.91 Å². The number of phenols is 1. The average molecular weight is 241 g/mol. The molecule has 0 heterocycles.